The molecule has 1 aromatic carbocycles. The van der Waals surface area contributed by atoms with E-state index in [0.717, 1.165) is 11.3 Å². The summed E-state index contributed by atoms with van der Waals surface area (Å²) >= 11 is 0. The van der Waals surface area contributed by atoms with Crippen LogP contribution in [0.15, 0.2) is 40.9 Å². The van der Waals surface area contributed by atoms with Gasteiger partial charge in [0.15, 0.2) is 5.76 Å². The molecule has 6 heteroatoms. The van der Waals surface area contributed by atoms with E-state index in [2.05, 4.69) is 15.8 Å². The lowest BCUT2D eigenvalue weighted by atomic mass is 10.1. The van der Waals surface area contributed by atoms with Crippen molar-refractivity contribution in [3.8, 4) is 11.3 Å². The Balaban J connectivity index is 1.58. The monoisotopic (exact) mass is 301 g/mol. The van der Waals surface area contributed by atoms with Gasteiger partial charge in [0.2, 0.25) is 5.91 Å². The van der Waals surface area contributed by atoms with E-state index in [-0.39, 0.29) is 18.1 Å². The third-order valence-corrected chi connectivity index (χ3v) is 3.66. The molecule has 0 spiro atoms. The summed E-state index contributed by atoms with van der Waals surface area (Å²) in [6, 6.07) is 11.3. The van der Waals surface area contributed by atoms with Gasteiger partial charge < -0.3 is 19.9 Å². The van der Waals surface area contributed by atoms with Crippen LogP contribution in [0.5, 0.6) is 0 Å². The fourth-order valence-corrected chi connectivity index (χ4v) is 2.45. The first-order chi connectivity index (χ1) is 10.7. The number of carbonyl (C=O) groups is 1. The number of rotatable bonds is 4. The fourth-order valence-electron chi connectivity index (χ4n) is 2.45. The molecular weight excluding hydrogens is 282 g/mol. The second-order valence-electron chi connectivity index (χ2n) is 5.27. The second-order valence-corrected chi connectivity index (χ2v) is 5.27. The molecule has 1 aliphatic rings. The molecule has 2 N–H and O–H groups in total. The summed E-state index contributed by atoms with van der Waals surface area (Å²) in [6.07, 6.45) is -0.136. The fraction of sp³-hybridized carbons (Fsp3) is 0.375. The Morgan fingerprint density at radius 2 is 2.23 bits per heavy atom. The lowest BCUT2D eigenvalue weighted by molar-refractivity contribution is -0.129. The first-order valence-electron chi connectivity index (χ1n) is 7.38. The molecule has 1 fully saturated rings. The number of aromatic nitrogens is 1. The van der Waals surface area contributed by atoms with Gasteiger partial charge in [0.05, 0.1) is 19.3 Å². The van der Waals surface area contributed by atoms with Crippen molar-refractivity contribution >= 4 is 5.91 Å². The minimum absolute atomic E-state index is 0.0927. The maximum absolute atomic E-state index is 12.1. The number of amides is 1. The van der Waals surface area contributed by atoms with Gasteiger partial charge in [-0.3, -0.25) is 4.79 Å². The molecule has 0 aliphatic carbocycles. The van der Waals surface area contributed by atoms with Crippen LogP contribution in [-0.4, -0.2) is 36.4 Å². The van der Waals surface area contributed by atoms with Gasteiger partial charge in [0.25, 0.3) is 0 Å². The van der Waals surface area contributed by atoms with Crippen molar-refractivity contribution in [3.05, 3.63) is 42.2 Å². The summed E-state index contributed by atoms with van der Waals surface area (Å²) < 4.78 is 10.7. The molecule has 3 rings (SSSR count). The van der Waals surface area contributed by atoms with Crippen molar-refractivity contribution in [2.24, 2.45) is 0 Å². The number of ether oxygens (including phenoxy) is 1. The third-order valence-electron chi connectivity index (χ3n) is 3.66. The van der Waals surface area contributed by atoms with Gasteiger partial charge in [0.1, 0.15) is 11.7 Å². The van der Waals surface area contributed by atoms with E-state index in [9.17, 15) is 4.79 Å². The maximum atomic E-state index is 12.1. The van der Waals surface area contributed by atoms with Gasteiger partial charge in [0, 0.05) is 18.2 Å². The van der Waals surface area contributed by atoms with Crippen molar-refractivity contribution < 1.29 is 14.1 Å². The molecule has 22 heavy (non-hydrogen) atoms. The molecule has 0 radical (unpaired) electrons. The van der Waals surface area contributed by atoms with Crippen LogP contribution in [0.25, 0.3) is 11.3 Å². The van der Waals surface area contributed by atoms with Crippen molar-refractivity contribution in [3.63, 3.8) is 0 Å². The number of hydrogen-bond acceptors (Lipinski definition) is 5. The summed E-state index contributed by atoms with van der Waals surface area (Å²) in [5.74, 6) is 0.529. The highest BCUT2D eigenvalue weighted by Gasteiger charge is 2.28. The Morgan fingerprint density at radius 3 is 3.00 bits per heavy atom. The molecule has 1 amide bonds. The van der Waals surface area contributed by atoms with E-state index < -0.39 is 0 Å². The highest BCUT2D eigenvalue weighted by molar-refractivity contribution is 5.82. The Hall–Kier alpha value is -2.18. The van der Waals surface area contributed by atoms with Crippen LogP contribution in [0.4, 0.5) is 0 Å². The number of benzene rings is 1. The van der Waals surface area contributed by atoms with Crippen molar-refractivity contribution in [2.75, 3.05) is 13.2 Å². The average Bonchev–Trinajstić information content (AvgIpc) is 3.03. The SMILES string of the molecule is C[C@H]1OCCN[C@@H]1C(=O)NCc1cc(-c2ccccc2)no1. The Morgan fingerprint density at radius 1 is 1.41 bits per heavy atom. The molecule has 2 aromatic rings. The van der Waals surface area contributed by atoms with Crippen molar-refractivity contribution in [2.45, 2.75) is 25.6 Å². The number of hydrogen-bond donors (Lipinski definition) is 2. The molecule has 1 saturated heterocycles. The first kappa shape index (κ1) is 14.7. The van der Waals surface area contributed by atoms with Crippen LogP contribution in [0.3, 0.4) is 0 Å². The van der Waals surface area contributed by atoms with Gasteiger partial charge in [-0.05, 0) is 6.92 Å². The molecule has 1 aliphatic heterocycles. The molecule has 0 bridgehead atoms. The quantitative estimate of drug-likeness (QED) is 0.891. The standard InChI is InChI=1S/C16H19N3O3/c1-11-15(17-7-8-21-11)16(20)18-10-13-9-14(19-22-13)12-5-3-2-4-6-12/h2-6,9,11,15,17H,7-8,10H2,1H3,(H,18,20)/t11-,15+/m1/s1. The highest BCUT2D eigenvalue weighted by Crippen LogP contribution is 2.18. The van der Waals surface area contributed by atoms with Crippen LogP contribution in [0.2, 0.25) is 0 Å². The van der Waals surface area contributed by atoms with Crippen molar-refractivity contribution in [1.29, 1.82) is 0 Å². The summed E-state index contributed by atoms with van der Waals surface area (Å²) in [7, 11) is 0. The predicted octanol–water partition coefficient (Wildman–Crippen LogP) is 1.33. The van der Waals surface area contributed by atoms with Crippen LogP contribution in [0, 0.1) is 0 Å². The number of nitrogens with one attached hydrogen (secondary N) is 2. The third kappa shape index (κ3) is 3.35. The summed E-state index contributed by atoms with van der Waals surface area (Å²) in [6.45, 7) is 3.51. The molecule has 2 heterocycles. The molecular formula is C16H19N3O3. The van der Waals surface area contributed by atoms with Gasteiger partial charge in [-0.1, -0.05) is 35.5 Å². The Labute approximate surface area is 128 Å². The zero-order chi connectivity index (χ0) is 15.4. The lowest BCUT2D eigenvalue weighted by Crippen LogP contribution is -2.55. The van der Waals surface area contributed by atoms with Crippen molar-refractivity contribution in [1.82, 2.24) is 15.8 Å². The van der Waals surface area contributed by atoms with Crippen LogP contribution in [0.1, 0.15) is 12.7 Å². The second kappa shape index (κ2) is 6.72. The molecule has 2 atom stereocenters. The summed E-state index contributed by atoms with van der Waals surface area (Å²) in [5, 5.41) is 10.0. The first-order valence-corrected chi connectivity index (χ1v) is 7.38. The smallest absolute Gasteiger partial charge is 0.240 e. The normalized spacial score (nSPS) is 21.5. The Bertz CT molecular complexity index is 627. The number of nitrogens with zero attached hydrogens (tertiary/aromatic N) is 1. The van der Waals surface area contributed by atoms with E-state index in [1.807, 2.05) is 43.3 Å². The summed E-state index contributed by atoms with van der Waals surface area (Å²) in [5.41, 5.74) is 1.75. The largest absolute Gasteiger partial charge is 0.375 e. The van der Waals surface area contributed by atoms with Crippen LogP contribution in [-0.2, 0) is 16.1 Å². The highest BCUT2D eigenvalue weighted by atomic mass is 16.5. The van der Waals surface area contributed by atoms with Gasteiger partial charge in [-0.2, -0.15) is 0 Å². The zero-order valence-corrected chi connectivity index (χ0v) is 12.4. The molecule has 1 aromatic heterocycles. The van der Waals surface area contributed by atoms with Gasteiger partial charge in [-0.15, -0.1) is 0 Å². The van der Waals surface area contributed by atoms with E-state index in [1.54, 1.807) is 0 Å². The minimum atomic E-state index is -0.328. The van der Waals surface area contributed by atoms with Crippen LogP contribution >= 0.6 is 0 Å². The van der Waals surface area contributed by atoms with E-state index in [0.29, 0.717) is 25.5 Å². The Kier molecular flexibility index (Phi) is 4.50. The predicted molar refractivity (Wildman–Crippen MR) is 81.0 cm³/mol. The van der Waals surface area contributed by atoms with Gasteiger partial charge >= 0.3 is 0 Å². The summed E-state index contributed by atoms with van der Waals surface area (Å²) in [4.78, 5) is 12.1. The van der Waals surface area contributed by atoms with Gasteiger partial charge in [-0.25, -0.2) is 0 Å². The molecule has 0 unspecified atom stereocenters. The van der Waals surface area contributed by atoms with Crippen LogP contribution < -0.4 is 10.6 Å². The number of carbonyl (C=O) groups excluding carboxylic acids is 1. The molecule has 0 saturated carbocycles. The van der Waals surface area contributed by atoms with E-state index in [1.165, 1.54) is 0 Å². The maximum Gasteiger partial charge on any atom is 0.240 e. The van der Waals surface area contributed by atoms with E-state index >= 15 is 0 Å². The average molecular weight is 301 g/mol. The molecule has 6 nitrogen and oxygen atoms in total. The molecule has 116 valence electrons. The number of morpholine rings is 1. The zero-order valence-electron chi connectivity index (χ0n) is 12.4. The minimum Gasteiger partial charge on any atom is -0.375 e. The lowest BCUT2D eigenvalue weighted by Gasteiger charge is -2.29. The topological polar surface area (TPSA) is 76.4 Å². The van der Waals surface area contributed by atoms with E-state index in [4.69, 9.17) is 9.26 Å².